The minimum Gasteiger partial charge on any atom is -0.461 e. The number of esters is 2. The Morgan fingerprint density at radius 3 is 2.22 bits per heavy atom. The van der Waals surface area contributed by atoms with Crippen molar-refractivity contribution >= 4 is 18.0 Å². The van der Waals surface area contributed by atoms with Crippen molar-refractivity contribution in [3.8, 4) is 0 Å². The molecule has 0 spiro atoms. The van der Waals surface area contributed by atoms with Gasteiger partial charge in [0.15, 0.2) is 0 Å². The monoisotopic (exact) mass is 329 g/mol. The molecule has 1 N–H and O–H groups in total. The quantitative estimate of drug-likeness (QED) is 0.318. The van der Waals surface area contributed by atoms with Crippen LogP contribution in [0.1, 0.15) is 41.0 Å². The van der Waals surface area contributed by atoms with Crippen molar-refractivity contribution in [3.05, 3.63) is 12.7 Å². The SMILES string of the molecule is C=CC(=O)OCCOC(=O)[C@@H](NC(=O)OC(C)(C)C)[C@@H](C)CC. The number of alkyl carbamates (subject to hydrolysis) is 1. The first-order valence-electron chi connectivity index (χ1n) is 7.56. The van der Waals surface area contributed by atoms with E-state index in [1.807, 2.05) is 13.8 Å². The van der Waals surface area contributed by atoms with Gasteiger partial charge in [-0.25, -0.2) is 14.4 Å². The first kappa shape index (κ1) is 20.9. The topological polar surface area (TPSA) is 90.9 Å². The second kappa shape index (κ2) is 9.86. The van der Waals surface area contributed by atoms with Gasteiger partial charge in [0, 0.05) is 6.08 Å². The first-order valence-corrected chi connectivity index (χ1v) is 7.56. The Balaban J connectivity index is 4.53. The molecule has 0 fully saturated rings. The highest BCUT2D eigenvalue weighted by atomic mass is 16.6. The van der Waals surface area contributed by atoms with Gasteiger partial charge in [-0.15, -0.1) is 0 Å². The van der Waals surface area contributed by atoms with Gasteiger partial charge in [0.2, 0.25) is 0 Å². The summed E-state index contributed by atoms with van der Waals surface area (Å²) in [4.78, 5) is 34.8. The molecule has 0 saturated heterocycles. The van der Waals surface area contributed by atoms with Crippen LogP contribution in [-0.4, -0.2) is 42.9 Å². The lowest BCUT2D eigenvalue weighted by Crippen LogP contribution is -2.47. The Morgan fingerprint density at radius 2 is 1.74 bits per heavy atom. The van der Waals surface area contributed by atoms with Crippen molar-refractivity contribution in [1.29, 1.82) is 0 Å². The molecule has 0 radical (unpaired) electrons. The van der Waals surface area contributed by atoms with Crippen LogP contribution in [0.2, 0.25) is 0 Å². The molecule has 0 heterocycles. The van der Waals surface area contributed by atoms with E-state index in [2.05, 4.69) is 11.9 Å². The Bertz CT molecular complexity index is 427. The summed E-state index contributed by atoms with van der Waals surface area (Å²) < 4.78 is 14.9. The number of ether oxygens (including phenoxy) is 3. The van der Waals surface area contributed by atoms with Gasteiger partial charge in [0.1, 0.15) is 24.9 Å². The smallest absolute Gasteiger partial charge is 0.408 e. The molecule has 0 aliphatic carbocycles. The highest BCUT2D eigenvalue weighted by Crippen LogP contribution is 2.12. The highest BCUT2D eigenvalue weighted by Gasteiger charge is 2.29. The van der Waals surface area contributed by atoms with E-state index in [4.69, 9.17) is 14.2 Å². The number of rotatable bonds is 8. The van der Waals surface area contributed by atoms with E-state index in [1.54, 1.807) is 20.8 Å². The standard InChI is InChI=1S/C16H27NO6/c1-7-11(3)13(17-15(20)23-16(4,5)6)14(19)22-10-9-21-12(18)8-2/h8,11,13H,2,7,9-10H2,1,3-6H3,(H,17,20)/t11-,13-/m0/s1. The molecule has 23 heavy (non-hydrogen) atoms. The summed E-state index contributed by atoms with van der Waals surface area (Å²) in [5.74, 6) is -1.32. The van der Waals surface area contributed by atoms with E-state index in [9.17, 15) is 14.4 Å². The van der Waals surface area contributed by atoms with Crippen LogP contribution in [0.15, 0.2) is 12.7 Å². The molecule has 2 atom stereocenters. The fourth-order valence-corrected chi connectivity index (χ4v) is 1.54. The average Bonchev–Trinajstić information content (AvgIpc) is 2.45. The second-order valence-electron chi connectivity index (χ2n) is 6.05. The molecule has 0 unspecified atom stereocenters. The van der Waals surface area contributed by atoms with E-state index in [0.29, 0.717) is 6.42 Å². The largest absolute Gasteiger partial charge is 0.461 e. The van der Waals surface area contributed by atoms with E-state index in [-0.39, 0.29) is 19.1 Å². The van der Waals surface area contributed by atoms with Gasteiger partial charge in [-0.2, -0.15) is 0 Å². The van der Waals surface area contributed by atoms with Crippen LogP contribution in [0.4, 0.5) is 4.79 Å². The fourth-order valence-electron chi connectivity index (χ4n) is 1.54. The van der Waals surface area contributed by atoms with Gasteiger partial charge >= 0.3 is 18.0 Å². The van der Waals surface area contributed by atoms with Gasteiger partial charge in [-0.1, -0.05) is 26.8 Å². The average molecular weight is 329 g/mol. The maximum absolute atomic E-state index is 12.1. The number of amides is 1. The summed E-state index contributed by atoms with van der Waals surface area (Å²) in [7, 11) is 0. The molecule has 0 aromatic rings. The Labute approximate surface area is 137 Å². The minimum absolute atomic E-state index is 0.0732. The maximum Gasteiger partial charge on any atom is 0.408 e. The van der Waals surface area contributed by atoms with Gasteiger partial charge in [-0.05, 0) is 26.7 Å². The summed E-state index contributed by atoms with van der Waals surface area (Å²) in [5.41, 5.74) is -0.660. The van der Waals surface area contributed by atoms with Crippen molar-refractivity contribution in [2.24, 2.45) is 5.92 Å². The summed E-state index contributed by atoms with van der Waals surface area (Å²) in [5, 5.41) is 2.53. The van der Waals surface area contributed by atoms with Crippen LogP contribution >= 0.6 is 0 Å². The summed E-state index contributed by atoms with van der Waals surface area (Å²) in [6, 6.07) is -0.829. The lowest BCUT2D eigenvalue weighted by Gasteiger charge is -2.25. The van der Waals surface area contributed by atoms with E-state index in [1.165, 1.54) is 0 Å². The molecule has 0 aromatic carbocycles. The lowest BCUT2D eigenvalue weighted by atomic mass is 9.99. The van der Waals surface area contributed by atoms with E-state index in [0.717, 1.165) is 6.08 Å². The molecule has 0 aliphatic heterocycles. The molecule has 0 bridgehead atoms. The Kier molecular flexibility index (Phi) is 8.98. The first-order chi connectivity index (χ1) is 10.6. The number of carbonyl (C=O) groups excluding carboxylic acids is 3. The zero-order valence-corrected chi connectivity index (χ0v) is 14.5. The van der Waals surface area contributed by atoms with Crippen LogP contribution in [0.3, 0.4) is 0 Å². The third-order valence-corrected chi connectivity index (χ3v) is 2.88. The summed E-state index contributed by atoms with van der Waals surface area (Å²) in [6.45, 7) is 12.0. The molecule has 0 aliphatic rings. The number of carbonyl (C=O) groups is 3. The molecule has 132 valence electrons. The third kappa shape index (κ3) is 9.55. The molecule has 0 aromatic heterocycles. The maximum atomic E-state index is 12.1. The van der Waals surface area contributed by atoms with Crippen molar-refractivity contribution in [2.45, 2.75) is 52.7 Å². The predicted octanol–water partition coefficient (Wildman–Crippen LogP) is 2.20. The predicted molar refractivity (Wildman–Crippen MR) is 84.7 cm³/mol. The lowest BCUT2D eigenvalue weighted by molar-refractivity contribution is -0.152. The van der Waals surface area contributed by atoms with Crippen molar-refractivity contribution in [1.82, 2.24) is 5.32 Å². The fraction of sp³-hybridized carbons (Fsp3) is 0.688. The van der Waals surface area contributed by atoms with Crippen molar-refractivity contribution in [2.75, 3.05) is 13.2 Å². The van der Waals surface area contributed by atoms with Crippen molar-refractivity contribution < 1.29 is 28.6 Å². The molecule has 7 nitrogen and oxygen atoms in total. The highest BCUT2D eigenvalue weighted by molar-refractivity contribution is 5.82. The molecule has 0 rings (SSSR count). The summed E-state index contributed by atoms with van der Waals surface area (Å²) >= 11 is 0. The van der Waals surface area contributed by atoms with Gasteiger partial charge < -0.3 is 19.5 Å². The third-order valence-electron chi connectivity index (χ3n) is 2.88. The van der Waals surface area contributed by atoms with Gasteiger partial charge in [-0.3, -0.25) is 0 Å². The normalized spacial score (nSPS) is 13.4. The zero-order chi connectivity index (χ0) is 18.0. The van der Waals surface area contributed by atoms with E-state index < -0.39 is 29.7 Å². The van der Waals surface area contributed by atoms with Gasteiger partial charge in [0.05, 0.1) is 0 Å². The second-order valence-corrected chi connectivity index (χ2v) is 6.05. The van der Waals surface area contributed by atoms with Crippen LogP contribution in [-0.2, 0) is 23.8 Å². The summed E-state index contributed by atoms with van der Waals surface area (Å²) in [6.07, 6.45) is 1.01. The Morgan fingerprint density at radius 1 is 1.17 bits per heavy atom. The number of hydrogen-bond donors (Lipinski definition) is 1. The van der Waals surface area contributed by atoms with Gasteiger partial charge in [0.25, 0.3) is 0 Å². The van der Waals surface area contributed by atoms with Crippen LogP contribution < -0.4 is 5.32 Å². The van der Waals surface area contributed by atoms with Crippen LogP contribution in [0.25, 0.3) is 0 Å². The van der Waals surface area contributed by atoms with Crippen LogP contribution in [0.5, 0.6) is 0 Å². The molecule has 0 saturated carbocycles. The Hall–Kier alpha value is -2.05. The number of nitrogens with one attached hydrogen (secondary N) is 1. The number of hydrogen-bond acceptors (Lipinski definition) is 6. The van der Waals surface area contributed by atoms with Crippen molar-refractivity contribution in [3.63, 3.8) is 0 Å². The minimum atomic E-state index is -0.829. The zero-order valence-electron chi connectivity index (χ0n) is 14.5. The molecule has 7 heteroatoms. The molecular formula is C16H27NO6. The van der Waals surface area contributed by atoms with Crippen LogP contribution in [0, 0.1) is 5.92 Å². The van der Waals surface area contributed by atoms with E-state index >= 15 is 0 Å². The molecular weight excluding hydrogens is 302 g/mol. The molecule has 1 amide bonds.